The van der Waals surface area contributed by atoms with Crippen molar-refractivity contribution in [2.75, 3.05) is 24.6 Å². The van der Waals surface area contributed by atoms with Crippen LogP contribution in [0, 0.1) is 11.6 Å². The van der Waals surface area contributed by atoms with E-state index in [1.165, 1.54) is 6.20 Å². The molecule has 0 aliphatic carbocycles. The number of ketones is 1. The molecule has 176 valence electrons. The first-order valence-electron chi connectivity index (χ1n) is 10.4. The van der Waals surface area contributed by atoms with Crippen LogP contribution in [0.1, 0.15) is 34.8 Å². The van der Waals surface area contributed by atoms with Crippen LogP contribution in [0.3, 0.4) is 0 Å². The van der Waals surface area contributed by atoms with E-state index < -0.39 is 38.7 Å². The molecule has 0 atom stereocenters. The third-order valence-corrected chi connectivity index (χ3v) is 6.69. The van der Waals surface area contributed by atoms with E-state index in [1.807, 2.05) is 25.1 Å². The zero-order chi connectivity index (χ0) is 24.6. The number of H-pyrrole nitrogens is 1. The number of nitrogens with one attached hydrogen (secondary N) is 2. The Bertz CT molecular complexity index is 1520. The Hall–Kier alpha value is -3.82. The topological polar surface area (TPSA) is 109 Å². The summed E-state index contributed by atoms with van der Waals surface area (Å²) in [4.78, 5) is 22.2. The zero-order valence-electron chi connectivity index (χ0n) is 18.7. The van der Waals surface area contributed by atoms with E-state index in [0.717, 1.165) is 18.0 Å². The van der Waals surface area contributed by atoms with Gasteiger partial charge in [0.15, 0.2) is 5.82 Å². The predicted molar refractivity (Wildman–Crippen MR) is 128 cm³/mol. The van der Waals surface area contributed by atoms with E-state index in [4.69, 9.17) is 0 Å². The number of likely N-dealkylation sites (N-methyl/N-ethyl adjacent to an activating group) is 1. The van der Waals surface area contributed by atoms with Gasteiger partial charge in [0.2, 0.25) is 21.5 Å². The fourth-order valence-electron chi connectivity index (χ4n) is 3.55. The van der Waals surface area contributed by atoms with E-state index >= 15 is 4.39 Å². The first kappa shape index (κ1) is 23.3. The van der Waals surface area contributed by atoms with Gasteiger partial charge in [0.05, 0.1) is 42.7 Å². The van der Waals surface area contributed by atoms with Crippen LogP contribution in [-0.2, 0) is 10.0 Å². The Morgan fingerprint density at radius 3 is 2.68 bits per heavy atom. The normalized spacial score (nSPS) is 13.2. The molecule has 4 rings (SSSR count). The molecule has 2 N–H and O–H groups in total. The van der Waals surface area contributed by atoms with Crippen LogP contribution in [0.5, 0.6) is 0 Å². The van der Waals surface area contributed by atoms with Crippen LogP contribution in [0.15, 0.2) is 42.7 Å². The molecule has 0 spiro atoms. The minimum atomic E-state index is -3.84. The van der Waals surface area contributed by atoms with Gasteiger partial charge in [-0.2, -0.15) is 0 Å². The SMILES string of the molecule is CCCS(=O)(=O)Nc1ccc(F)c(C(=O)c2c[nH]c3ncc(C4=[N+]=C(N(C)C)C=C4)cc23)c1F. The third kappa shape index (κ3) is 4.35. The van der Waals surface area contributed by atoms with Crippen LogP contribution in [0.25, 0.3) is 11.0 Å². The monoisotopic (exact) mass is 486 g/mol. The number of carbonyl (C=O) groups is 1. The summed E-state index contributed by atoms with van der Waals surface area (Å²) >= 11 is 0. The van der Waals surface area contributed by atoms with E-state index in [1.54, 1.807) is 25.3 Å². The number of benzene rings is 1. The number of halogens is 2. The molecule has 1 aliphatic rings. The van der Waals surface area contributed by atoms with Gasteiger partial charge >= 0.3 is 5.84 Å². The molecule has 11 heteroatoms. The molecular formula is C23H22F2N5O3S+. The Morgan fingerprint density at radius 2 is 2.00 bits per heavy atom. The Morgan fingerprint density at radius 1 is 1.24 bits per heavy atom. The van der Waals surface area contributed by atoms with Crippen molar-refractivity contribution in [1.29, 1.82) is 0 Å². The first-order valence-corrected chi connectivity index (χ1v) is 12.1. The van der Waals surface area contributed by atoms with Crippen molar-refractivity contribution in [3.05, 3.63) is 71.1 Å². The minimum absolute atomic E-state index is 0.00453. The Balaban J connectivity index is 1.78. The Labute approximate surface area is 194 Å². The second kappa shape index (κ2) is 8.85. The number of carbonyl (C=O) groups excluding carboxylic acids is 1. The van der Waals surface area contributed by atoms with Crippen LogP contribution >= 0.6 is 0 Å². The van der Waals surface area contributed by atoms with E-state index in [2.05, 4.69) is 19.4 Å². The molecule has 0 amide bonds. The molecule has 0 saturated heterocycles. The fraction of sp³-hybridized carbons (Fsp3) is 0.217. The summed E-state index contributed by atoms with van der Waals surface area (Å²) in [7, 11) is -0.127. The highest BCUT2D eigenvalue weighted by Gasteiger charge is 2.26. The maximum Gasteiger partial charge on any atom is 0.370 e. The summed E-state index contributed by atoms with van der Waals surface area (Å²) in [6.45, 7) is 1.65. The summed E-state index contributed by atoms with van der Waals surface area (Å²) in [6, 6.07) is 3.47. The van der Waals surface area contributed by atoms with Gasteiger partial charge in [-0.25, -0.2) is 26.9 Å². The van der Waals surface area contributed by atoms with Gasteiger partial charge in [0.1, 0.15) is 11.5 Å². The van der Waals surface area contributed by atoms with Crippen LogP contribution in [-0.4, -0.2) is 60.5 Å². The van der Waals surface area contributed by atoms with Gasteiger partial charge in [-0.3, -0.25) is 14.4 Å². The van der Waals surface area contributed by atoms with Crippen LogP contribution < -0.4 is 9.39 Å². The molecule has 0 radical (unpaired) electrons. The number of hydrogen-bond acceptors (Lipinski definition) is 5. The fourth-order valence-corrected chi connectivity index (χ4v) is 4.69. The molecule has 2 aromatic heterocycles. The summed E-state index contributed by atoms with van der Waals surface area (Å²) in [5, 5.41) is 0.354. The van der Waals surface area contributed by atoms with Crippen molar-refractivity contribution in [3.8, 4) is 0 Å². The van der Waals surface area contributed by atoms with Gasteiger partial charge in [-0.15, -0.1) is 0 Å². The zero-order valence-corrected chi connectivity index (χ0v) is 19.5. The molecule has 0 fully saturated rings. The number of pyridine rings is 1. The van der Waals surface area contributed by atoms with Gasteiger partial charge in [0, 0.05) is 29.4 Å². The lowest BCUT2D eigenvalue weighted by atomic mass is 10.0. The van der Waals surface area contributed by atoms with Crippen LogP contribution in [0.2, 0.25) is 0 Å². The van der Waals surface area contributed by atoms with Crippen molar-refractivity contribution in [2.24, 2.45) is 0 Å². The van der Waals surface area contributed by atoms with Gasteiger partial charge in [-0.1, -0.05) is 6.92 Å². The molecule has 8 nitrogen and oxygen atoms in total. The maximum absolute atomic E-state index is 15.1. The lowest BCUT2D eigenvalue weighted by molar-refractivity contribution is 0.103. The van der Waals surface area contributed by atoms with Crippen molar-refractivity contribution in [2.45, 2.75) is 13.3 Å². The first-order chi connectivity index (χ1) is 16.1. The van der Waals surface area contributed by atoms with E-state index in [0.29, 0.717) is 28.7 Å². The molecule has 34 heavy (non-hydrogen) atoms. The van der Waals surface area contributed by atoms with Crippen molar-refractivity contribution in [1.82, 2.24) is 19.5 Å². The molecule has 0 unspecified atom stereocenters. The smallest absolute Gasteiger partial charge is 0.345 e. The summed E-state index contributed by atoms with van der Waals surface area (Å²) in [5.74, 6) is -2.83. The number of fused-ring (bicyclic) bond motifs is 1. The van der Waals surface area contributed by atoms with Gasteiger partial charge in [-0.05, 0) is 24.6 Å². The molecule has 0 saturated carbocycles. The maximum atomic E-state index is 15.1. The Kier molecular flexibility index (Phi) is 6.07. The summed E-state index contributed by atoms with van der Waals surface area (Å²) < 4.78 is 60.4. The number of anilines is 1. The minimum Gasteiger partial charge on any atom is -0.345 e. The summed E-state index contributed by atoms with van der Waals surface area (Å²) in [5.41, 5.74) is 0.249. The standard InChI is InChI=1S/C23H21F2N5O3S/c1-4-9-34(32,33)29-18-6-5-16(24)20(21(18)25)22(31)15-12-27-23-14(15)10-13(11-26-23)17-7-8-19(28-17)30(2)3/h5-8,10-12,29H,4,9H2,1-3H3/p+1. The van der Waals surface area contributed by atoms with Crippen molar-refractivity contribution >= 4 is 44.1 Å². The number of rotatable bonds is 7. The highest BCUT2D eigenvalue weighted by Crippen LogP contribution is 2.28. The van der Waals surface area contributed by atoms with Crippen molar-refractivity contribution < 1.29 is 22.0 Å². The lowest BCUT2D eigenvalue weighted by Gasteiger charge is -2.11. The van der Waals surface area contributed by atoms with Gasteiger partial charge < -0.3 is 4.98 Å². The predicted octanol–water partition coefficient (Wildman–Crippen LogP) is 2.61. The second-order valence-electron chi connectivity index (χ2n) is 7.94. The molecule has 1 aliphatic heterocycles. The summed E-state index contributed by atoms with van der Waals surface area (Å²) in [6.07, 6.45) is 6.85. The number of allylic oxidation sites excluding steroid dienone is 1. The van der Waals surface area contributed by atoms with E-state index in [-0.39, 0.29) is 11.3 Å². The second-order valence-corrected chi connectivity index (χ2v) is 9.78. The number of aromatic amines is 1. The molecule has 0 bridgehead atoms. The quantitative estimate of drug-likeness (QED) is 0.394. The lowest BCUT2D eigenvalue weighted by Crippen LogP contribution is -2.20. The average Bonchev–Trinajstić information content (AvgIpc) is 3.42. The van der Waals surface area contributed by atoms with E-state index in [9.17, 15) is 17.6 Å². The molecule has 1 aromatic carbocycles. The molecular weight excluding hydrogens is 464 g/mol. The number of nitrogens with zero attached hydrogens (tertiary/aromatic N) is 3. The highest BCUT2D eigenvalue weighted by molar-refractivity contribution is 7.92. The average molecular weight is 487 g/mol. The number of sulfonamides is 1. The molecule has 3 aromatic rings. The van der Waals surface area contributed by atoms with Crippen LogP contribution in [0.4, 0.5) is 14.5 Å². The number of amidine groups is 1. The number of hydrogen-bond donors (Lipinski definition) is 2. The number of aromatic nitrogens is 2. The van der Waals surface area contributed by atoms with Gasteiger partial charge in [0.25, 0.3) is 0 Å². The third-order valence-electron chi connectivity index (χ3n) is 5.21. The van der Waals surface area contributed by atoms with Crippen molar-refractivity contribution in [3.63, 3.8) is 0 Å². The molecule has 3 heterocycles. The largest absolute Gasteiger partial charge is 0.370 e. The highest BCUT2D eigenvalue weighted by atomic mass is 32.2.